The maximum absolute atomic E-state index is 9.87. The van der Waals surface area contributed by atoms with Crippen LogP contribution in [-0.2, 0) is 16.1 Å². The van der Waals surface area contributed by atoms with Crippen molar-refractivity contribution in [2.24, 2.45) is 0 Å². The Morgan fingerprint density at radius 1 is 1.05 bits per heavy atom. The Balaban J connectivity index is 1.95. The molecule has 0 bridgehead atoms. The number of aliphatic hydroxyl groups is 4. The minimum absolute atomic E-state index is 0.196. The van der Waals surface area contributed by atoms with Gasteiger partial charge in [0.15, 0.2) is 6.29 Å². The van der Waals surface area contributed by atoms with E-state index in [-0.39, 0.29) is 6.61 Å². The van der Waals surface area contributed by atoms with Crippen LogP contribution in [0.4, 0.5) is 0 Å². The molecule has 0 unspecified atom stereocenters. The van der Waals surface area contributed by atoms with E-state index in [0.717, 1.165) is 5.56 Å². The second kappa shape index (κ2) is 7.50. The van der Waals surface area contributed by atoms with Crippen molar-refractivity contribution in [1.82, 2.24) is 0 Å². The van der Waals surface area contributed by atoms with Crippen molar-refractivity contribution in [2.45, 2.75) is 57.1 Å². The first-order chi connectivity index (χ1) is 10.4. The van der Waals surface area contributed by atoms with Crippen LogP contribution in [0.15, 0.2) is 24.3 Å². The predicted octanol–water partition coefficient (Wildman–Crippen LogP) is 0.126. The van der Waals surface area contributed by atoms with E-state index in [1.165, 1.54) is 5.56 Å². The van der Waals surface area contributed by atoms with Gasteiger partial charge in [-0.05, 0) is 17.0 Å². The molecule has 1 aliphatic rings. The summed E-state index contributed by atoms with van der Waals surface area (Å²) in [6.45, 7) is 3.95. The fourth-order valence-corrected chi connectivity index (χ4v) is 2.38. The van der Waals surface area contributed by atoms with Crippen molar-refractivity contribution in [3.63, 3.8) is 0 Å². The molecule has 0 amide bonds. The highest BCUT2D eigenvalue weighted by Gasteiger charge is 2.43. The smallest absolute Gasteiger partial charge is 0.187 e. The van der Waals surface area contributed by atoms with Crippen LogP contribution in [0, 0.1) is 0 Å². The minimum atomic E-state index is -1.42. The van der Waals surface area contributed by atoms with Crippen molar-refractivity contribution in [3.8, 4) is 0 Å². The van der Waals surface area contributed by atoms with Crippen LogP contribution in [0.2, 0.25) is 0 Å². The molecule has 0 saturated carbocycles. The molecule has 1 fully saturated rings. The summed E-state index contributed by atoms with van der Waals surface area (Å²) < 4.78 is 10.8. The second-order valence-corrected chi connectivity index (χ2v) is 5.90. The van der Waals surface area contributed by atoms with Crippen LogP contribution in [0.5, 0.6) is 0 Å². The Labute approximate surface area is 129 Å². The first-order valence-electron chi connectivity index (χ1n) is 7.45. The molecule has 124 valence electrons. The van der Waals surface area contributed by atoms with Crippen molar-refractivity contribution in [3.05, 3.63) is 35.4 Å². The highest BCUT2D eigenvalue weighted by atomic mass is 16.7. The van der Waals surface area contributed by atoms with E-state index < -0.39 is 37.3 Å². The lowest BCUT2D eigenvalue weighted by atomic mass is 9.99. The fraction of sp³-hybridized carbons (Fsp3) is 0.625. The third kappa shape index (κ3) is 3.84. The third-order valence-electron chi connectivity index (χ3n) is 3.91. The Bertz CT molecular complexity index is 458. The summed E-state index contributed by atoms with van der Waals surface area (Å²) in [4.78, 5) is 0. The molecule has 1 aromatic carbocycles. The molecule has 1 heterocycles. The number of hydrogen-bond acceptors (Lipinski definition) is 6. The van der Waals surface area contributed by atoms with E-state index in [4.69, 9.17) is 14.6 Å². The van der Waals surface area contributed by atoms with Crippen LogP contribution in [0.1, 0.15) is 30.9 Å². The van der Waals surface area contributed by atoms with E-state index in [0.29, 0.717) is 5.92 Å². The second-order valence-electron chi connectivity index (χ2n) is 5.90. The van der Waals surface area contributed by atoms with Crippen molar-refractivity contribution in [1.29, 1.82) is 0 Å². The van der Waals surface area contributed by atoms with Gasteiger partial charge in [0.25, 0.3) is 0 Å². The number of aliphatic hydroxyl groups excluding tert-OH is 4. The summed E-state index contributed by atoms with van der Waals surface area (Å²) in [5, 5.41) is 38.4. The average Bonchev–Trinajstić information content (AvgIpc) is 2.52. The van der Waals surface area contributed by atoms with Crippen LogP contribution in [-0.4, -0.2) is 57.7 Å². The zero-order valence-electron chi connectivity index (χ0n) is 12.8. The van der Waals surface area contributed by atoms with Crippen molar-refractivity contribution < 1.29 is 29.9 Å². The molecule has 1 aliphatic heterocycles. The van der Waals surface area contributed by atoms with Gasteiger partial charge >= 0.3 is 0 Å². The predicted molar refractivity (Wildman–Crippen MR) is 79.1 cm³/mol. The molecule has 1 saturated heterocycles. The van der Waals surface area contributed by atoms with Gasteiger partial charge < -0.3 is 29.9 Å². The first-order valence-corrected chi connectivity index (χ1v) is 7.45. The molecule has 1 aromatic rings. The summed E-state index contributed by atoms with van der Waals surface area (Å²) in [6.07, 6.45) is -6.20. The average molecular weight is 312 g/mol. The van der Waals surface area contributed by atoms with E-state index in [9.17, 15) is 15.3 Å². The topological polar surface area (TPSA) is 99.4 Å². The number of benzene rings is 1. The molecule has 0 spiro atoms. The largest absolute Gasteiger partial charge is 0.394 e. The third-order valence-corrected chi connectivity index (χ3v) is 3.91. The zero-order chi connectivity index (χ0) is 16.3. The molecule has 22 heavy (non-hydrogen) atoms. The monoisotopic (exact) mass is 312 g/mol. The van der Waals surface area contributed by atoms with E-state index in [2.05, 4.69) is 13.8 Å². The summed E-state index contributed by atoms with van der Waals surface area (Å²) >= 11 is 0. The maximum Gasteiger partial charge on any atom is 0.187 e. The van der Waals surface area contributed by atoms with Gasteiger partial charge in [0.05, 0.1) is 13.2 Å². The molecular weight excluding hydrogens is 288 g/mol. The molecule has 6 heteroatoms. The molecule has 4 N–H and O–H groups in total. The van der Waals surface area contributed by atoms with Gasteiger partial charge in [-0.3, -0.25) is 0 Å². The van der Waals surface area contributed by atoms with Gasteiger partial charge in [0.2, 0.25) is 0 Å². The Hall–Kier alpha value is -1.02. The summed E-state index contributed by atoms with van der Waals surface area (Å²) in [7, 11) is 0. The van der Waals surface area contributed by atoms with Gasteiger partial charge in [0, 0.05) is 0 Å². The van der Waals surface area contributed by atoms with Gasteiger partial charge in [0.1, 0.15) is 24.4 Å². The highest BCUT2D eigenvalue weighted by molar-refractivity contribution is 5.24. The number of hydrogen-bond donors (Lipinski definition) is 4. The van der Waals surface area contributed by atoms with Crippen molar-refractivity contribution >= 4 is 0 Å². The zero-order valence-corrected chi connectivity index (χ0v) is 12.8. The van der Waals surface area contributed by atoms with Crippen LogP contribution >= 0.6 is 0 Å². The van der Waals surface area contributed by atoms with Crippen LogP contribution in [0.25, 0.3) is 0 Å². The Morgan fingerprint density at radius 2 is 1.68 bits per heavy atom. The minimum Gasteiger partial charge on any atom is -0.394 e. The Morgan fingerprint density at radius 3 is 2.23 bits per heavy atom. The molecular formula is C16H24O6. The molecule has 0 aromatic heterocycles. The summed E-state index contributed by atoms with van der Waals surface area (Å²) in [5.74, 6) is 0.445. The van der Waals surface area contributed by atoms with Crippen LogP contribution in [0.3, 0.4) is 0 Å². The quantitative estimate of drug-likeness (QED) is 0.617. The summed E-state index contributed by atoms with van der Waals surface area (Å²) in [5.41, 5.74) is 2.12. The fourth-order valence-electron chi connectivity index (χ4n) is 2.38. The molecule has 0 aliphatic carbocycles. The van der Waals surface area contributed by atoms with Gasteiger partial charge in [-0.25, -0.2) is 0 Å². The Kier molecular flexibility index (Phi) is 5.91. The first kappa shape index (κ1) is 17.3. The van der Waals surface area contributed by atoms with Gasteiger partial charge in [-0.15, -0.1) is 0 Å². The van der Waals surface area contributed by atoms with E-state index in [1.54, 1.807) is 0 Å². The number of rotatable bonds is 5. The maximum atomic E-state index is 9.87. The summed E-state index contributed by atoms with van der Waals surface area (Å²) in [6, 6.07) is 7.88. The van der Waals surface area contributed by atoms with E-state index >= 15 is 0 Å². The van der Waals surface area contributed by atoms with Crippen LogP contribution < -0.4 is 0 Å². The standard InChI is InChI=1S/C16H24O6/c1-9(2)11-5-3-10(4-6-11)8-21-16-15(20)14(19)13(18)12(7-17)22-16/h3-6,9,12-20H,7-8H2,1-2H3/t12-,13-,14+,15-,16-/m1/s1. The van der Waals surface area contributed by atoms with Crippen molar-refractivity contribution in [2.75, 3.05) is 6.61 Å². The molecule has 2 rings (SSSR count). The molecule has 5 atom stereocenters. The highest BCUT2D eigenvalue weighted by Crippen LogP contribution is 2.23. The molecule has 6 nitrogen and oxygen atoms in total. The van der Waals surface area contributed by atoms with Gasteiger partial charge in [-0.2, -0.15) is 0 Å². The lowest BCUT2D eigenvalue weighted by molar-refractivity contribution is -0.304. The van der Waals surface area contributed by atoms with E-state index in [1.807, 2.05) is 24.3 Å². The lowest BCUT2D eigenvalue weighted by Crippen LogP contribution is -2.59. The van der Waals surface area contributed by atoms with Gasteiger partial charge in [-0.1, -0.05) is 38.1 Å². The number of ether oxygens (including phenoxy) is 2. The molecule has 0 radical (unpaired) electrons. The SMILES string of the molecule is CC(C)c1ccc(CO[C@@H]2O[C@H](CO)[C@@H](O)[C@H](O)[C@H]2O)cc1. The lowest BCUT2D eigenvalue weighted by Gasteiger charge is -2.39. The normalized spacial score (nSPS) is 32.4.